The van der Waals surface area contributed by atoms with Crippen LogP contribution in [0.2, 0.25) is 5.02 Å². The molecule has 0 fully saturated rings. The van der Waals surface area contributed by atoms with Gasteiger partial charge in [-0.1, -0.05) is 18.5 Å². The van der Waals surface area contributed by atoms with Gasteiger partial charge in [0.15, 0.2) is 0 Å². The summed E-state index contributed by atoms with van der Waals surface area (Å²) in [7, 11) is 0. The highest BCUT2D eigenvalue weighted by Gasteiger charge is 2.03. The van der Waals surface area contributed by atoms with Crippen molar-refractivity contribution in [2.75, 3.05) is 6.54 Å². The van der Waals surface area contributed by atoms with Crippen LogP contribution in [-0.4, -0.2) is 16.5 Å². The van der Waals surface area contributed by atoms with E-state index in [4.69, 9.17) is 11.6 Å². The van der Waals surface area contributed by atoms with Crippen LogP contribution in [-0.2, 0) is 6.54 Å². The fourth-order valence-electron chi connectivity index (χ4n) is 1.60. The minimum Gasteiger partial charge on any atom is -0.311 e. The zero-order valence-electron chi connectivity index (χ0n) is 10.0. The molecule has 1 heterocycles. The van der Waals surface area contributed by atoms with Crippen molar-refractivity contribution in [3.05, 3.63) is 51.4 Å². The van der Waals surface area contributed by atoms with Crippen molar-refractivity contribution in [2.24, 2.45) is 0 Å². The Morgan fingerprint density at radius 1 is 1.33 bits per heavy atom. The summed E-state index contributed by atoms with van der Waals surface area (Å²) in [6, 6.07) is 8.71. The standard InChI is InChI=1S/C13H14ClN3O/c1-2-15-8-11-7-12(18)17-13(16-11)9-3-5-10(14)6-4-9/h3-7,15H,2,8H2,1H3,(H,16,17,18). The maximum absolute atomic E-state index is 11.6. The first-order valence-corrected chi connectivity index (χ1v) is 6.13. The average molecular weight is 264 g/mol. The predicted molar refractivity (Wildman–Crippen MR) is 72.7 cm³/mol. The number of hydrogen-bond donors (Lipinski definition) is 2. The number of rotatable bonds is 4. The monoisotopic (exact) mass is 263 g/mol. The van der Waals surface area contributed by atoms with Crippen molar-refractivity contribution in [2.45, 2.75) is 13.5 Å². The van der Waals surface area contributed by atoms with E-state index in [2.05, 4.69) is 15.3 Å². The van der Waals surface area contributed by atoms with Crippen LogP contribution in [0.3, 0.4) is 0 Å². The van der Waals surface area contributed by atoms with Crippen LogP contribution in [0.25, 0.3) is 11.4 Å². The van der Waals surface area contributed by atoms with Crippen LogP contribution in [0, 0.1) is 0 Å². The lowest BCUT2D eigenvalue weighted by molar-refractivity contribution is 0.708. The van der Waals surface area contributed by atoms with Gasteiger partial charge in [-0.2, -0.15) is 0 Å². The van der Waals surface area contributed by atoms with Gasteiger partial charge < -0.3 is 10.3 Å². The lowest BCUT2D eigenvalue weighted by atomic mass is 10.2. The Morgan fingerprint density at radius 2 is 2.06 bits per heavy atom. The summed E-state index contributed by atoms with van der Waals surface area (Å²) < 4.78 is 0. The fraction of sp³-hybridized carbons (Fsp3) is 0.231. The van der Waals surface area contributed by atoms with Crippen molar-refractivity contribution in [3.63, 3.8) is 0 Å². The highest BCUT2D eigenvalue weighted by molar-refractivity contribution is 6.30. The number of nitrogens with one attached hydrogen (secondary N) is 2. The Labute approximate surface area is 110 Å². The van der Waals surface area contributed by atoms with Crippen LogP contribution in [0.15, 0.2) is 35.1 Å². The first kappa shape index (κ1) is 12.8. The molecule has 0 spiro atoms. The molecule has 0 aliphatic rings. The molecule has 0 saturated heterocycles. The maximum atomic E-state index is 11.6. The summed E-state index contributed by atoms with van der Waals surface area (Å²) in [4.78, 5) is 18.7. The highest BCUT2D eigenvalue weighted by Crippen LogP contribution is 2.17. The van der Waals surface area contributed by atoms with Gasteiger partial charge in [-0.3, -0.25) is 4.79 Å². The molecule has 2 N–H and O–H groups in total. The van der Waals surface area contributed by atoms with Crippen LogP contribution in [0.1, 0.15) is 12.6 Å². The van der Waals surface area contributed by atoms with Gasteiger partial charge in [0.25, 0.3) is 5.56 Å². The van der Waals surface area contributed by atoms with E-state index in [1.165, 1.54) is 6.07 Å². The maximum Gasteiger partial charge on any atom is 0.251 e. The number of H-pyrrole nitrogens is 1. The Morgan fingerprint density at radius 3 is 2.72 bits per heavy atom. The average Bonchev–Trinajstić information content (AvgIpc) is 2.36. The molecule has 18 heavy (non-hydrogen) atoms. The zero-order chi connectivity index (χ0) is 13.0. The molecule has 0 unspecified atom stereocenters. The van der Waals surface area contributed by atoms with E-state index in [0.717, 1.165) is 17.8 Å². The normalized spacial score (nSPS) is 10.6. The number of halogens is 1. The molecule has 0 atom stereocenters. The molecule has 1 aromatic carbocycles. The van der Waals surface area contributed by atoms with Crippen LogP contribution in [0.4, 0.5) is 0 Å². The second kappa shape index (κ2) is 5.80. The quantitative estimate of drug-likeness (QED) is 0.889. The summed E-state index contributed by atoms with van der Waals surface area (Å²) >= 11 is 5.83. The third kappa shape index (κ3) is 3.18. The molecule has 2 rings (SSSR count). The Kier molecular flexibility index (Phi) is 4.12. The van der Waals surface area contributed by atoms with Crippen molar-refractivity contribution in [1.82, 2.24) is 15.3 Å². The van der Waals surface area contributed by atoms with Gasteiger partial charge in [-0.15, -0.1) is 0 Å². The molecule has 0 bridgehead atoms. The smallest absolute Gasteiger partial charge is 0.251 e. The number of hydrogen-bond acceptors (Lipinski definition) is 3. The topological polar surface area (TPSA) is 57.8 Å². The highest BCUT2D eigenvalue weighted by atomic mass is 35.5. The molecule has 2 aromatic rings. The van der Waals surface area contributed by atoms with E-state index in [1.807, 2.05) is 19.1 Å². The number of benzene rings is 1. The van der Waals surface area contributed by atoms with E-state index in [-0.39, 0.29) is 5.56 Å². The molecule has 0 amide bonds. The van der Waals surface area contributed by atoms with E-state index < -0.39 is 0 Å². The lowest BCUT2D eigenvalue weighted by Gasteiger charge is -2.05. The third-order valence-corrected chi connectivity index (χ3v) is 2.72. The van der Waals surface area contributed by atoms with Gasteiger partial charge in [0.1, 0.15) is 5.82 Å². The van der Waals surface area contributed by atoms with Crippen LogP contribution < -0.4 is 10.9 Å². The second-order valence-corrected chi connectivity index (χ2v) is 4.31. The van der Waals surface area contributed by atoms with Gasteiger partial charge in [-0.25, -0.2) is 4.98 Å². The van der Waals surface area contributed by atoms with Gasteiger partial charge in [-0.05, 0) is 30.8 Å². The van der Waals surface area contributed by atoms with E-state index in [1.54, 1.807) is 12.1 Å². The van der Waals surface area contributed by atoms with Crippen molar-refractivity contribution >= 4 is 11.6 Å². The second-order valence-electron chi connectivity index (χ2n) is 3.87. The van der Waals surface area contributed by atoms with E-state index >= 15 is 0 Å². The lowest BCUT2D eigenvalue weighted by Crippen LogP contribution is -2.17. The van der Waals surface area contributed by atoms with Crippen molar-refractivity contribution in [1.29, 1.82) is 0 Å². The minimum atomic E-state index is -0.150. The molecular formula is C13H14ClN3O. The van der Waals surface area contributed by atoms with Crippen molar-refractivity contribution < 1.29 is 0 Å². The van der Waals surface area contributed by atoms with Gasteiger partial charge in [0.05, 0.1) is 5.69 Å². The molecule has 0 aliphatic carbocycles. The SMILES string of the molecule is CCNCc1cc(=O)[nH]c(-c2ccc(Cl)cc2)n1. The van der Waals surface area contributed by atoms with Crippen molar-refractivity contribution in [3.8, 4) is 11.4 Å². The molecule has 0 saturated carbocycles. The fourth-order valence-corrected chi connectivity index (χ4v) is 1.72. The van der Waals surface area contributed by atoms with E-state index in [9.17, 15) is 4.79 Å². The molecular weight excluding hydrogens is 250 g/mol. The summed E-state index contributed by atoms with van der Waals surface area (Å²) in [5.41, 5.74) is 1.42. The van der Waals surface area contributed by atoms with Gasteiger partial charge in [0.2, 0.25) is 0 Å². The first-order valence-electron chi connectivity index (χ1n) is 5.76. The van der Waals surface area contributed by atoms with Crippen LogP contribution >= 0.6 is 11.6 Å². The largest absolute Gasteiger partial charge is 0.311 e. The third-order valence-electron chi connectivity index (χ3n) is 2.47. The number of aromatic nitrogens is 2. The zero-order valence-corrected chi connectivity index (χ0v) is 10.8. The predicted octanol–water partition coefficient (Wildman–Crippen LogP) is 2.20. The summed E-state index contributed by atoms with van der Waals surface area (Å²) in [6.45, 7) is 3.43. The molecule has 4 nitrogen and oxygen atoms in total. The Balaban J connectivity index is 2.35. The molecule has 5 heteroatoms. The summed E-state index contributed by atoms with van der Waals surface area (Å²) in [5.74, 6) is 0.562. The van der Waals surface area contributed by atoms with E-state index in [0.29, 0.717) is 17.4 Å². The number of aromatic amines is 1. The molecule has 1 aromatic heterocycles. The van der Waals surface area contributed by atoms with Gasteiger partial charge in [0, 0.05) is 23.2 Å². The molecule has 0 radical (unpaired) electrons. The van der Waals surface area contributed by atoms with Gasteiger partial charge >= 0.3 is 0 Å². The minimum absolute atomic E-state index is 0.150. The summed E-state index contributed by atoms with van der Waals surface area (Å²) in [6.07, 6.45) is 0. The number of nitrogens with zero attached hydrogens (tertiary/aromatic N) is 1. The van der Waals surface area contributed by atoms with Crippen LogP contribution in [0.5, 0.6) is 0 Å². The Hall–Kier alpha value is -1.65. The Bertz CT molecular complexity index is 578. The first-order chi connectivity index (χ1) is 8.69. The molecule has 94 valence electrons. The molecule has 0 aliphatic heterocycles. The summed E-state index contributed by atoms with van der Waals surface area (Å²) in [5, 5.41) is 3.80.